The molecule has 1 rings (SSSR count). The van der Waals surface area contributed by atoms with Crippen LogP contribution in [-0.2, 0) is 0 Å². The highest BCUT2D eigenvalue weighted by Gasteiger charge is 2.20. The van der Waals surface area contributed by atoms with Gasteiger partial charge in [0, 0.05) is 29.4 Å². The first-order chi connectivity index (χ1) is 8.24. The number of aryl methyl sites for hydroxylation is 1. The van der Waals surface area contributed by atoms with Gasteiger partial charge in [-0.2, -0.15) is 0 Å². The van der Waals surface area contributed by atoms with Crippen LogP contribution in [0.5, 0.6) is 0 Å². The molecule has 0 aliphatic heterocycles. The minimum atomic E-state index is -0.358. The lowest BCUT2D eigenvalue weighted by molar-refractivity contribution is -0.385. The first-order valence-electron chi connectivity index (χ1n) is 5.90. The summed E-state index contributed by atoms with van der Waals surface area (Å²) in [6, 6.07) is 5.10. The summed E-state index contributed by atoms with van der Waals surface area (Å²) in [4.78, 5) is 12.5. The molecule has 5 heteroatoms. The van der Waals surface area contributed by atoms with Crippen LogP contribution in [0.15, 0.2) is 18.2 Å². The zero-order valence-corrected chi connectivity index (χ0v) is 11.7. The van der Waals surface area contributed by atoms with Gasteiger partial charge in [-0.05, 0) is 47.0 Å². The molecule has 0 aliphatic carbocycles. The van der Waals surface area contributed by atoms with Crippen LogP contribution in [0, 0.1) is 17.0 Å². The summed E-state index contributed by atoms with van der Waals surface area (Å²) < 4.78 is 0. The van der Waals surface area contributed by atoms with E-state index in [9.17, 15) is 10.1 Å². The molecule has 0 unspecified atom stereocenters. The summed E-state index contributed by atoms with van der Waals surface area (Å²) in [5.41, 5.74) is 1.77. The van der Waals surface area contributed by atoms with Crippen molar-refractivity contribution in [3.63, 3.8) is 0 Å². The largest absolute Gasteiger partial charge is 0.383 e. The molecule has 1 N–H and O–H groups in total. The zero-order valence-electron chi connectivity index (χ0n) is 11.7. The Morgan fingerprint density at radius 1 is 1.39 bits per heavy atom. The lowest BCUT2D eigenvalue weighted by atomic mass is 10.0. The van der Waals surface area contributed by atoms with Gasteiger partial charge in [0.15, 0.2) is 0 Å². The fourth-order valence-corrected chi connectivity index (χ4v) is 1.45. The molecule has 0 bridgehead atoms. The fourth-order valence-electron chi connectivity index (χ4n) is 1.45. The van der Waals surface area contributed by atoms with Crippen molar-refractivity contribution in [3.05, 3.63) is 33.9 Å². The maximum absolute atomic E-state index is 10.7. The number of benzene rings is 1. The average molecular weight is 251 g/mol. The molecular formula is C13H21N3O2. The predicted octanol–water partition coefficient (Wildman–Crippen LogP) is 2.66. The maximum atomic E-state index is 10.7. The summed E-state index contributed by atoms with van der Waals surface area (Å²) >= 11 is 0. The third-order valence-electron chi connectivity index (χ3n) is 3.33. The second kappa shape index (κ2) is 5.35. The minimum Gasteiger partial charge on any atom is -0.383 e. The highest BCUT2D eigenvalue weighted by atomic mass is 16.6. The first kappa shape index (κ1) is 14.4. The summed E-state index contributed by atoms with van der Waals surface area (Å²) in [5, 5.41) is 14.0. The molecule has 0 fully saturated rings. The zero-order chi connectivity index (χ0) is 13.9. The SMILES string of the molecule is Cc1cc(NCC(C)(C)N(C)C)ccc1[N+](=O)[O-]. The summed E-state index contributed by atoms with van der Waals surface area (Å²) in [6.45, 7) is 6.80. The van der Waals surface area contributed by atoms with E-state index in [0.717, 1.165) is 12.2 Å². The number of rotatable bonds is 5. The smallest absolute Gasteiger partial charge is 0.272 e. The number of hydrogen-bond donors (Lipinski definition) is 1. The van der Waals surface area contributed by atoms with Crippen LogP contribution in [0.25, 0.3) is 0 Å². The molecule has 0 radical (unpaired) electrons. The molecule has 0 spiro atoms. The van der Waals surface area contributed by atoms with Crippen molar-refractivity contribution >= 4 is 11.4 Å². The average Bonchev–Trinajstić information content (AvgIpc) is 2.25. The number of likely N-dealkylation sites (N-methyl/N-ethyl adjacent to an activating group) is 1. The Hall–Kier alpha value is -1.62. The van der Waals surface area contributed by atoms with Crippen LogP contribution < -0.4 is 5.32 Å². The molecule has 0 atom stereocenters. The maximum Gasteiger partial charge on any atom is 0.272 e. The number of anilines is 1. The van der Waals surface area contributed by atoms with Crippen LogP contribution in [0.4, 0.5) is 11.4 Å². The molecule has 0 saturated carbocycles. The lowest BCUT2D eigenvalue weighted by Crippen LogP contribution is -2.44. The fraction of sp³-hybridized carbons (Fsp3) is 0.538. The first-order valence-corrected chi connectivity index (χ1v) is 5.90. The summed E-state index contributed by atoms with van der Waals surface area (Å²) in [7, 11) is 4.06. The number of nitro benzene ring substituents is 1. The standard InChI is InChI=1S/C13H21N3O2/c1-10-8-11(6-7-12(10)16(17)18)14-9-13(2,3)15(4)5/h6-8,14H,9H2,1-5H3. The Bertz CT molecular complexity index is 442. The van der Waals surface area contributed by atoms with Crippen molar-refractivity contribution in [2.24, 2.45) is 0 Å². The second-order valence-corrected chi connectivity index (χ2v) is 5.32. The summed E-state index contributed by atoms with van der Waals surface area (Å²) in [5.74, 6) is 0. The Balaban J connectivity index is 2.76. The van der Waals surface area contributed by atoms with E-state index in [1.54, 1.807) is 19.1 Å². The van der Waals surface area contributed by atoms with E-state index in [1.165, 1.54) is 0 Å². The number of nitrogens with one attached hydrogen (secondary N) is 1. The highest BCUT2D eigenvalue weighted by molar-refractivity contribution is 5.53. The molecule has 1 aromatic carbocycles. The molecule has 0 heterocycles. The van der Waals surface area contributed by atoms with Crippen molar-refractivity contribution in [1.29, 1.82) is 0 Å². The van der Waals surface area contributed by atoms with E-state index in [2.05, 4.69) is 24.1 Å². The molecule has 0 saturated heterocycles. The van der Waals surface area contributed by atoms with E-state index in [-0.39, 0.29) is 16.1 Å². The van der Waals surface area contributed by atoms with E-state index in [0.29, 0.717) is 5.56 Å². The topological polar surface area (TPSA) is 58.4 Å². The Labute approximate surface area is 108 Å². The molecule has 18 heavy (non-hydrogen) atoms. The van der Waals surface area contributed by atoms with Crippen molar-refractivity contribution in [1.82, 2.24) is 4.90 Å². The Morgan fingerprint density at radius 2 is 2.00 bits per heavy atom. The van der Waals surface area contributed by atoms with Crippen molar-refractivity contribution in [2.45, 2.75) is 26.3 Å². The number of nitro groups is 1. The van der Waals surface area contributed by atoms with Gasteiger partial charge in [-0.3, -0.25) is 10.1 Å². The van der Waals surface area contributed by atoms with Gasteiger partial charge in [0.05, 0.1) is 4.92 Å². The van der Waals surface area contributed by atoms with E-state index in [1.807, 2.05) is 20.2 Å². The monoisotopic (exact) mass is 251 g/mol. The molecule has 100 valence electrons. The van der Waals surface area contributed by atoms with E-state index < -0.39 is 0 Å². The van der Waals surface area contributed by atoms with Gasteiger partial charge in [-0.25, -0.2) is 0 Å². The molecular weight excluding hydrogens is 230 g/mol. The van der Waals surface area contributed by atoms with Crippen LogP contribution in [0.2, 0.25) is 0 Å². The predicted molar refractivity (Wildman–Crippen MR) is 74.1 cm³/mol. The highest BCUT2D eigenvalue weighted by Crippen LogP contribution is 2.22. The molecule has 1 aromatic rings. The minimum absolute atomic E-state index is 0.0235. The number of nitrogens with zero attached hydrogens (tertiary/aromatic N) is 2. The third kappa shape index (κ3) is 3.43. The van der Waals surface area contributed by atoms with Crippen molar-refractivity contribution in [3.8, 4) is 0 Å². The molecule has 0 aromatic heterocycles. The van der Waals surface area contributed by atoms with E-state index in [4.69, 9.17) is 0 Å². The van der Waals surface area contributed by atoms with Gasteiger partial charge in [0.2, 0.25) is 0 Å². The molecule has 0 amide bonds. The summed E-state index contributed by atoms with van der Waals surface area (Å²) in [6.07, 6.45) is 0. The van der Waals surface area contributed by atoms with Gasteiger partial charge in [0.1, 0.15) is 0 Å². The van der Waals surface area contributed by atoms with Crippen LogP contribution in [-0.4, -0.2) is 36.0 Å². The van der Waals surface area contributed by atoms with Crippen LogP contribution in [0.3, 0.4) is 0 Å². The lowest BCUT2D eigenvalue weighted by Gasteiger charge is -2.33. The van der Waals surface area contributed by atoms with Crippen LogP contribution >= 0.6 is 0 Å². The van der Waals surface area contributed by atoms with Gasteiger partial charge in [0.25, 0.3) is 5.69 Å². The Morgan fingerprint density at radius 3 is 2.44 bits per heavy atom. The van der Waals surface area contributed by atoms with E-state index >= 15 is 0 Å². The number of hydrogen-bond acceptors (Lipinski definition) is 4. The van der Waals surface area contributed by atoms with Crippen LogP contribution in [0.1, 0.15) is 19.4 Å². The van der Waals surface area contributed by atoms with Gasteiger partial charge in [-0.1, -0.05) is 0 Å². The normalized spacial score (nSPS) is 11.7. The third-order valence-corrected chi connectivity index (χ3v) is 3.33. The van der Waals surface area contributed by atoms with Crippen molar-refractivity contribution < 1.29 is 4.92 Å². The molecule has 5 nitrogen and oxygen atoms in total. The Kier molecular flexibility index (Phi) is 4.29. The van der Waals surface area contributed by atoms with Gasteiger partial charge in [-0.15, -0.1) is 0 Å². The molecule has 0 aliphatic rings. The second-order valence-electron chi connectivity index (χ2n) is 5.32. The quantitative estimate of drug-likeness (QED) is 0.645. The van der Waals surface area contributed by atoms with Gasteiger partial charge >= 0.3 is 0 Å². The van der Waals surface area contributed by atoms with Crippen molar-refractivity contribution in [2.75, 3.05) is 26.0 Å². The van der Waals surface area contributed by atoms with Gasteiger partial charge < -0.3 is 10.2 Å².